The van der Waals surface area contributed by atoms with E-state index in [9.17, 15) is 9.90 Å². The minimum Gasteiger partial charge on any atom is -0.485 e. The highest BCUT2D eigenvalue weighted by molar-refractivity contribution is 5.93. The van der Waals surface area contributed by atoms with Crippen molar-refractivity contribution >= 4 is 11.6 Å². The van der Waals surface area contributed by atoms with Gasteiger partial charge in [-0.25, -0.2) is 0 Å². The number of ether oxygens (including phenoxy) is 1. The zero-order valence-corrected chi connectivity index (χ0v) is 16.9. The maximum atomic E-state index is 12.6. The first-order chi connectivity index (χ1) is 13.8. The third kappa shape index (κ3) is 3.78. The molecule has 150 valence electrons. The molecular formula is C24H26N2O3. The number of aromatic nitrogens is 1. The highest BCUT2D eigenvalue weighted by Gasteiger charge is 2.43. The van der Waals surface area contributed by atoms with Crippen molar-refractivity contribution in [1.82, 2.24) is 4.57 Å². The highest BCUT2D eigenvalue weighted by Crippen LogP contribution is 2.44. The summed E-state index contributed by atoms with van der Waals surface area (Å²) in [5, 5.41) is 14.0. The summed E-state index contributed by atoms with van der Waals surface area (Å²) in [5.41, 5.74) is 2.74. The fraction of sp³-hybridized carbons (Fsp3) is 0.292. The number of nitrogens with one attached hydrogen (secondary N) is 1. The number of hydrogen-bond donors (Lipinski definition) is 2. The van der Waals surface area contributed by atoms with E-state index in [2.05, 4.69) is 5.32 Å². The molecule has 0 fully saturated rings. The summed E-state index contributed by atoms with van der Waals surface area (Å²) >= 11 is 0. The topological polar surface area (TPSA) is 63.5 Å². The molecule has 0 saturated carbocycles. The van der Waals surface area contributed by atoms with Gasteiger partial charge in [0.2, 0.25) is 5.91 Å². The van der Waals surface area contributed by atoms with Crippen LogP contribution in [0.15, 0.2) is 67.0 Å². The summed E-state index contributed by atoms with van der Waals surface area (Å²) in [5.74, 6) is 0.659. The molecule has 5 heteroatoms. The Morgan fingerprint density at radius 3 is 2.52 bits per heavy atom. The lowest BCUT2D eigenvalue weighted by Gasteiger charge is -2.43. The second-order valence-corrected chi connectivity index (χ2v) is 8.14. The first kappa shape index (κ1) is 19.3. The zero-order chi connectivity index (χ0) is 20.6. The normalized spacial score (nSPS) is 19.9. The van der Waals surface area contributed by atoms with Crippen LogP contribution < -0.4 is 10.1 Å². The average Bonchev–Trinajstić information content (AvgIpc) is 3.19. The van der Waals surface area contributed by atoms with E-state index in [1.807, 2.05) is 92.3 Å². The van der Waals surface area contributed by atoms with E-state index in [4.69, 9.17) is 4.74 Å². The molecule has 4 rings (SSSR count). The fourth-order valence-electron chi connectivity index (χ4n) is 3.88. The number of aryl methyl sites for hydroxylation is 1. The summed E-state index contributed by atoms with van der Waals surface area (Å²) in [6.07, 6.45) is 3.45. The maximum absolute atomic E-state index is 12.6. The van der Waals surface area contributed by atoms with Crippen LogP contribution in [0.3, 0.4) is 0 Å². The maximum Gasteiger partial charge on any atom is 0.228 e. The van der Waals surface area contributed by atoms with E-state index in [0.29, 0.717) is 6.42 Å². The van der Waals surface area contributed by atoms with Crippen molar-refractivity contribution in [2.45, 2.75) is 44.9 Å². The number of nitrogens with zero attached hydrogens (tertiary/aromatic N) is 1. The summed E-state index contributed by atoms with van der Waals surface area (Å²) in [7, 11) is 0. The number of fused-ring (bicyclic) bond motifs is 1. The van der Waals surface area contributed by atoms with E-state index in [-0.39, 0.29) is 11.9 Å². The van der Waals surface area contributed by atoms with Crippen molar-refractivity contribution in [3.63, 3.8) is 0 Å². The van der Waals surface area contributed by atoms with Crippen LogP contribution in [0.4, 0.5) is 5.69 Å². The van der Waals surface area contributed by atoms with Gasteiger partial charge in [-0.05, 0) is 56.2 Å². The van der Waals surface area contributed by atoms with Crippen molar-refractivity contribution in [1.29, 1.82) is 0 Å². The molecule has 1 aliphatic rings. The third-order valence-corrected chi connectivity index (χ3v) is 5.49. The molecule has 1 aliphatic heterocycles. The molecule has 5 nitrogen and oxygen atoms in total. The Morgan fingerprint density at radius 1 is 1.14 bits per heavy atom. The van der Waals surface area contributed by atoms with Crippen LogP contribution >= 0.6 is 0 Å². The molecule has 2 unspecified atom stereocenters. The van der Waals surface area contributed by atoms with Crippen molar-refractivity contribution in [2.75, 3.05) is 5.32 Å². The Balaban J connectivity index is 1.67. The molecule has 0 bridgehead atoms. The van der Waals surface area contributed by atoms with Crippen LogP contribution in [0.25, 0.3) is 0 Å². The molecule has 3 aromatic rings. The Hall–Kier alpha value is -3.05. The van der Waals surface area contributed by atoms with Gasteiger partial charge in [-0.15, -0.1) is 0 Å². The first-order valence-corrected chi connectivity index (χ1v) is 9.83. The van der Waals surface area contributed by atoms with Gasteiger partial charge in [0.1, 0.15) is 17.5 Å². The van der Waals surface area contributed by atoms with Gasteiger partial charge in [0.15, 0.2) is 0 Å². The molecule has 29 heavy (non-hydrogen) atoms. The Bertz CT molecular complexity index is 1010. The van der Waals surface area contributed by atoms with Crippen molar-refractivity contribution in [3.8, 4) is 5.75 Å². The lowest BCUT2D eigenvalue weighted by molar-refractivity contribution is -0.115. The van der Waals surface area contributed by atoms with Crippen LogP contribution in [0, 0.1) is 6.92 Å². The number of hydrogen-bond acceptors (Lipinski definition) is 3. The molecule has 0 saturated heterocycles. The molecule has 0 spiro atoms. The second-order valence-electron chi connectivity index (χ2n) is 8.14. The van der Waals surface area contributed by atoms with Gasteiger partial charge in [-0.3, -0.25) is 4.79 Å². The fourth-order valence-corrected chi connectivity index (χ4v) is 3.88. The number of carbonyl (C=O) groups excluding carboxylic acids is 1. The van der Waals surface area contributed by atoms with Gasteiger partial charge in [0.25, 0.3) is 0 Å². The molecule has 1 amide bonds. The quantitative estimate of drug-likeness (QED) is 0.705. The van der Waals surface area contributed by atoms with E-state index >= 15 is 0 Å². The minimum atomic E-state index is -0.738. The van der Waals surface area contributed by atoms with Crippen LogP contribution in [-0.2, 0) is 11.2 Å². The Kier molecular flexibility index (Phi) is 4.92. The standard InChI is InChI=1S/C24H26N2O3/c1-16-13-20-18(15-19(16)25-21(27)14-17-9-5-4-6-10-17)22(26-11-7-8-12-26)23(28)24(2,3)29-20/h4-13,15,22-23,28H,14H2,1-3H3,(H,25,27). The summed E-state index contributed by atoms with van der Waals surface area (Å²) in [6, 6.07) is 17.1. The van der Waals surface area contributed by atoms with E-state index < -0.39 is 11.7 Å². The Labute approximate surface area is 170 Å². The monoisotopic (exact) mass is 390 g/mol. The average molecular weight is 390 g/mol. The molecule has 2 atom stereocenters. The van der Waals surface area contributed by atoms with Gasteiger partial charge in [0.05, 0.1) is 12.5 Å². The van der Waals surface area contributed by atoms with Crippen LogP contribution in [0.2, 0.25) is 0 Å². The number of anilines is 1. The number of aliphatic hydroxyl groups excluding tert-OH is 1. The molecule has 2 N–H and O–H groups in total. The van der Waals surface area contributed by atoms with Gasteiger partial charge < -0.3 is 19.7 Å². The SMILES string of the molecule is Cc1cc2c(cc1NC(=O)Cc1ccccc1)C(n1cccc1)C(O)C(C)(C)O2. The van der Waals surface area contributed by atoms with Gasteiger partial charge in [-0.1, -0.05) is 30.3 Å². The minimum absolute atomic E-state index is 0.0747. The predicted octanol–water partition coefficient (Wildman–Crippen LogP) is 4.10. The third-order valence-electron chi connectivity index (χ3n) is 5.49. The lowest BCUT2D eigenvalue weighted by atomic mass is 9.85. The van der Waals surface area contributed by atoms with Gasteiger partial charge in [-0.2, -0.15) is 0 Å². The van der Waals surface area contributed by atoms with Crippen LogP contribution in [0.1, 0.15) is 36.6 Å². The summed E-state index contributed by atoms with van der Waals surface area (Å²) in [4.78, 5) is 12.6. The molecule has 2 heterocycles. The highest BCUT2D eigenvalue weighted by atomic mass is 16.5. The first-order valence-electron chi connectivity index (χ1n) is 9.83. The smallest absolute Gasteiger partial charge is 0.228 e. The van der Waals surface area contributed by atoms with Crippen molar-refractivity contribution < 1.29 is 14.6 Å². The van der Waals surface area contributed by atoms with Crippen LogP contribution in [-0.4, -0.2) is 27.3 Å². The number of aliphatic hydroxyl groups is 1. The summed E-state index contributed by atoms with van der Waals surface area (Å²) in [6.45, 7) is 5.73. The number of amides is 1. The largest absolute Gasteiger partial charge is 0.485 e. The number of rotatable bonds is 4. The molecule has 2 aromatic carbocycles. The summed E-state index contributed by atoms with van der Waals surface area (Å²) < 4.78 is 8.11. The molecule has 0 aliphatic carbocycles. The molecular weight excluding hydrogens is 364 g/mol. The van der Waals surface area contributed by atoms with Gasteiger partial charge >= 0.3 is 0 Å². The predicted molar refractivity (Wildman–Crippen MR) is 113 cm³/mol. The number of carbonyl (C=O) groups is 1. The number of benzene rings is 2. The van der Waals surface area contributed by atoms with Crippen LogP contribution in [0.5, 0.6) is 5.75 Å². The van der Waals surface area contributed by atoms with Crippen molar-refractivity contribution in [3.05, 3.63) is 83.7 Å². The zero-order valence-electron chi connectivity index (χ0n) is 16.9. The Morgan fingerprint density at radius 2 is 1.83 bits per heavy atom. The second kappa shape index (κ2) is 7.41. The van der Waals surface area contributed by atoms with E-state index in [1.54, 1.807) is 0 Å². The molecule has 0 radical (unpaired) electrons. The lowest BCUT2D eigenvalue weighted by Crippen LogP contribution is -2.50. The van der Waals surface area contributed by atoms with Gasteiger partial charge in [0, 0.05) is 23.6 Å². The van der Waals surface area contributed by atoms with E-state index in [0.717, 1.165) is 28.1 Å². The van der Waals surface area contributed by atoms with E-state index in [1.165, 1.54) is 0 Å². The van der Waals surface area contributed by atoms with Crippen molar-refractivity contribution in [2.24, 2.45) is 0 Å². The molecule has 1 aromatic heterocycles.